The van der Waals surface area contributed by atoms with Crippen molar-refractivity contribution in [2.24, 2.45) is 0 Å². The van der Waals surface area contributed by atoms with E-state index >= 15 is 0 Å². The second-order valence-corrected chi connectivity index (χ2v) is 9.50. The molecule has 0 saturated carbocycles. The van der Waals surface area contributed by atoms with Crippen molar-refractivity contribution >= 4 is 15.9 Å². The van der Waals surface area contributed by atoms with E-state index in [-0.39, 0.29) is 38.5 Å². The number of hydrogen-bond donors (Lipinski definition) is 0. The molecular weight excluding hydrogens is 457 g/mol. The van der Waals surface area contributed by atoms with Crippen LogP contribution in [0.1, 0.15) is 12.2 Å². The van der Waals surface area contributed by atoms with Gasteiger partial charge in [0.05, 0.1) is 0 Å². The second-order valence-electron chi connectivity index (χ2n) is 7.59. The fourth-order valence-electron chi connectivity index (χ4n) is 3.68. The topological polar surface area (TPSA) is 70.8 Å². The number of carbonyl (C=O) groups excluding carboxylic acids is 1. The third-order valence-corrected chi connectivity index (χ3v) is 7.43. The normalized spacial score (nSPS) is 15.1. The quantitative estimate of drug-likeness (QED) is 0.505. The molecule has 174 valence electrons. The van der Waals surface area contributed by atoms with E-state index in [1.807, 2.05) is 42.5 Å². The van der Waals surface area contributed by atoms with E-state index in [4.69, 9.17) is 4.42 Å². The summed E-state index contributed by atoms with van der Waals surface area (Å²) in [6.45, 7) is 0.0599. The predicted octanol–water partition coefficient (Wildman–Crippen LogP) is 3.83. The van der Waals surface area contributed by atoms with Crippen molar-refractivity contribution in [3.05, 3.63) is 77.8 Å². The van der Waals surface area contributed by atoms with Gasteiger partial charge < -0.3 is 9.32 Å². The van der Waals surface area contributed by atoms with E-state index in [1.165, 1.54) is 4.90 Å². The molecular formula is C23H21F3N2O4S. The molecule has 1 fully saturated rings. The SMILES string of the molecule is O=C(CCc1ccc(-c2ccccc2)o1)N1CCN(S(=O)(=O)c2ccc(F)c(F)c2F)CC1. The Balaban J connectivity index is 1.33. The summed E-state index contributed by atoms with van der Waals surface area (Å²) in [5.74, 6) is -3.84. The van der Waals surface area contributed by atoms with Crippen LogP contribution in [0.4, 0.5) is 13.2 Å². The largest absolute Gasteiger partial charge is 0.461 e. The van der Waals surface area contributed by atoms with Gasteiger partial charge in [0.1, 0.15) is 16.4 Å². The van der Waals surface area contributed by atoms with Gasteiger partial charge in [-0.05, 0) is 24.3 Å². The van der Waals surface area contributed by atoms with Crippen molar-refractivity contribution in [2.75, 3.05) is 26.2 Å². The van der Waals surface area contributed by atoms with Crippen LogP contribution in [0.2, 0.25) is 0 Å². The number of carbonyl (C=O) groups is 1. The molecule has 10 heteroatoms. The van der Waals surface area contributed by atoms with Crippen LogP contribution >= 0.6 is 0 Å². The molecule has 0 bridgehead atoms. The number of piperazine rings is 1. The minimum Gasteiger partial charge on any atom is -0.461 e. The van der Waals surface area contributed by atoms with Gasteiger partial charge in [0.25, 0.3) is 0 Å². The average Bonchev–Trinajstić information content (AvgIpc) is 3.31. The van der Waals surface area contributed by atoms with Crippen molar-refractivity contribution in [1.82, 2.24) is 9.21 Å². The number of benzene rings is 2. The van der Waals surface area contributed by atoms with Crippen LogP contribution in [-0.4, -0.2) is 49.7 Å². The third kappa shape index (κ3) is 4.81. The Morgan fingerprint density at radius 1 is 0.879 bits per heavy atom. The highest BCUT2D eigenvalue weighted by atomic mass is 32.2. The van der Waals surface area contributed by atoms with E-state index in [0.717, 1.165) is 9.87 Å². The van der Waals surface area contributed by atoms with Crippen molar-refractivity contribution < 1.29 is 30.8 Å². The van der Waals surface area contributed by atoms with Gasteiger partial charge in [-0.3, -0.25) is 4.79 Å². The van der Waals surface area contributed by atoms with Crippen LogP contribution in [-0.2, 0) is 21.2 Å². The van der Waals surface area contributed by atoms with Gasteiger partial charge in [0.15, 0.2) is 17.5 Å². The Morgan fingerprint density at radius 2 is 1.58 bits per heavy atom. The molecule has 0 radical (unpaired) electrons. The van der Waals surface area contributed by atoms with Crippen LogP contribution in [0, 0.1) is 17.5 Å². The lowest BCUT2D eigenvalue weighted by atomic mass is 10.2. The summed E-state index contributed by atoms with van der Waals surface area (Å²) in [6, 6.07) is 14.5. The molecule has 2 heterocycles. The molecule has 1 aliphatic heterocycles. The van der Waals surface area contributed by atoms with Gasteiger partial charge in [-0.15, -0.1) is 0 Å². The Hall–Kier alpha value is -3.11. The molecule has 4 rings (SSSR count). The molecule has 0 spiro atoms. The molecule has 1 saturated heterocycles. The summed E-state index contributed by atoms with van der Waals surface area (Å²) in [5.41, 5.74) is 0.935. The highest BCUT2D eigenvalue weighted by molar-refractivity contribution is 7.89. The lowest BCUT2D eigenvalue weighted by Crippen LogP contribution is -2.50. The van der Waals surface area contributed by atoms with E-state index in [1.54, 1.807) is 0 Å². The number of aryl methyl sites for hydroxylation is 1. The Morgan fingerprint density at radius 3 is 2.27 bits per heavy atom. The van der Waals surface area contributed by atoms with Gasteiger partial charge in [-0.25, -0.2) is 21.6 Å². The Bertz CT molecular complexity index is 1250. The summed E-state index contributed by atoms with van der Waals surface area (Å²) < 4.78 is 72.7. The molecule has 6 nitrogen and oxygen atoms in total. The lowest BCUT2D eigenvalue weighted by molar-refractivity contribution is -0.132. The summed E-state index contributed by atoms with van der Waals surface area (Å²) in [7, 11) is -4.36. The first kappa shape index (κ1) is 23.1. The standard InChI is InChI=1S/C23H21F3N2O4S/c24-18-8-10-20(23(26)22(18)25)33(30,31)28-14-12-27(13-15-28)21(29)11-7-17-6-9-19(32-17)16-4-2-1-3-5-16/h1-6,8-10H,7,11-15H2. The minimum absolute atomic E-state index is 0.0780. The van der Waals surface area contributed by atoms with E-state index in [0.29, 0.717) is 30.1 Å². The zero-order valence-electron chi connectivity index (χ0n) is 17.5. The third-order valence-electron chi connectivity index (χ3n) is 5.51. The van der Waals surface area contributed by atoms with Crippen LogP contribution in [0.5, 0.6) is 0 Å². The minimum atomic E-state index is -4.36. The lowest BCUT2D eigenvalue weighted by Gasteiger charge is -2.34. The van der Waals surface area contributed by atoms with Crippen molar-refractivity contribution in [3.8, 4) is 11.3 Å². The molecule has 1 aromatic heterocycles. The summed E-state index contributed by atoms with van der Waals surface area (Å²) in [6.07, 6.45) is 0.580. The van der Waals surface area contributed by atoms with E-state index in [9.17, 15) is 26.4 Å². The number of furan rings is 1. The molecule has 0 unspecified atom stereocenters. The number of amides is 1. The van der Waals surface area contributed by atoms with Crippen molar-refractivity contribution in [2.45, 2.75) is 17.7 Å². The fraction of sp³-hybridized carbons (Fsp3) is 0.261. The zero-order valence-corrected chi connectivity index (χ0v) is 18.3. The van der Waals surface area contributed by atoms with E-state index in [2.05, 4.69) is 0 Å². The highest BCUT2D eigenvalue weighted by Crippen LogP contribution is 2.25. The number of nitrogens with zero attached hydrogens (tertiary/aromatic N) is 2. The summed E-state index contributed by atoms with van der Waals surface area (Å²) >= 11 is 0. The molecule has 3 aromatic rings. The number of hydrogen-bond acceptors (Lipinski definition) is 4. The van der Waals surface area contributed by atoms with Crippen molar-refractivity contribution in [3.63, 3.8) is 0 Å². The summed E-state index contributed by atoms with van der Waals surface area (Å²) in [5, 5.41) is 0. The van der Waals surface area contributed by atoms with E-state index < -0.39 is 32.4 Å². The maximum Gasteiger partial charge on any atom is 0.246 e. The predicted molar refractivity (Wildman–Crippen MR) is 114 cm³/mol. The molecule has 0 atom stereocenters. The van der Waals surface area contributed by atoms with Crippen molar-refractivity contribution in [1.29, 1.82) is 0 Å². The number of rotatable bonds is 6. The average molecular weight is 478 g/mol. The molecule has 33 heavy (non-hydrogen) atoms. The maximum atomic E-state index is 14.0. The first-order chi connectivity index (χ1) is 15.8. The number of sulfonamides is 1. The van der Waals surface area contributed by atoms with Crippen LogP contribution in [0.3, 0.4) is 0 Å². The molecule has 2 aromatic carbocycles. The second kappa shape index (κ2) is 9.40. The van der Waals surface area contributed by atoms with Gasteiger partial charge in [0, 0.05) is 44.6 Å². The molecule has 0 N–H and O–H groups in total. The van der Waals surface area contributed by atoms with Gasteiger partial charge in [-0.2, -0.15) is 4.31 Å². The maximum absolute atomic E-state index is 14.0. The summed E-state index contributed by atoms with van der Waals surface area (Å²) in [4.78, 5) is 13.2. The molecule has 0 aliphatic carbocycles. The molecule has 1 aliphatic rings. The monoisotopic (exact) mass is 478 g/mol. The number of halogens is 3. The Labute approximate surface area is 189 Å². The Kier molecular flexibility index (Phi) is 6.57. The molecule has 1 amide bonds. The highest BCUT2D eigenvalue weighted by Gasteiger charge is 2.33. The first-order valence-corrected chi connectivity index (χ1v) is 11.8. The van der Waals surface area contributed by atoms with Gasteiger partial charge in [-0.1, -0.05) is 30.3 Å². The smallest absolute Gasteiger partial charge is 0.246 e. The van der Waals surface area contributed by atoms with Crippen LogP contribution in [0.15, 0.2) is 63.9 Å². The zero-order chi connectivity index (χ0) is 23.6. The van der Waals surface area contributed by atoms with Gasteiger partial charge in [0.2, 0.25) is 15.9 Å². The van der Waals surface area contributed by atoms with Gasteiger partial charge >= 0.3 is 0 Å². The fourth-order valence-corrected chi connectivity index (χ4v) is 5.16. The van der Waals surface area contributed by atoms with Crippen LogP contribution in [0.25, 0.3) is 11.3 Å². The van der Waals surface area contributed by atoms with Crippen LogP contribution < -0.4 is 0 Å². The first-order valence-electron chi connectivity index (χ1n) is 10.3.